The van der Waals surface area contributed by atoms with Crippen LogP contribution in [0.2, 0.25) is 0 Å². The van der Waals surface area contributed by atoms with Gasteiger partial charge < -0.3 is 14.7 Å². The number of benzene rings is 2. The Morgan fingerprint density at radius 2 is 1.71 bits per heavy atom. The van der Waals surface area contributed by atoms with Gasteiger partial charge in [-0.05, 0) is 30.3 Å². The van der Waals surface area contributed by atoms with E-state index in [1.165, 1.54) is 14.2 Å². The Hall–Kier alpha value is -2.82. The van der Waals surface area contributed by atoms with Crippen LogP contribution < -0.4 is 9.47 Å². The van der Waals surface area contributed by atoms with Gasteiger partial charge >= 0.3 is 0 Å². The molecule has 0 aromatic heterocycles. The second-order valence-corrected chi connectivity index (χ2v) is 4.59. The second kappa shape index (κ2) is 4.94. The van der Waals surface area contributed by atoms with Crippen molar-refractivity contribution in [3.05, 3.63) is 58.8 Å². The molecule has 0 N–H and O–H groups in total. The molecule has 0 saturated carbocycles. The number of ether oxygens (including phenoxy) is 2. The summed E-state index contributed by atoms with van der Waals surface area (Å²) in [4.78, 5) is 12.5. The molecule has 2 aromatic carbocycles. The van der Waals surface area contributed by atoms with Gasteiger partial charge in [-0.25, -0.2) is 0 Å². The molecule has 0 bridgehead atoms. The summed E-state index contributed by atoms with van der Waals surface area (Å²) in [5.41, 5.74) is 1.31. The Morgan fingerprint density at radius 1 is 1.00 bits per heavy atom. The highest BCUT2D eigenvalue weighted by Crippen LogP contribution is 2.31. The highest BCUT2D eigenvalue weighted by Gasteiger charge is 2.37. The molecule has 5 nitrogen and oxygen atoms in total. The van der Waals surface area contributed by atoms with Gasteiger partial charge in [0, 0.05) is 6.07 Å². The van der Waals surface area contributed by atoms with Gasteiger partial charge in [-0.15, -0.1) is 0 Å². The van der Waals surface area contributed by atoms with Crippen molar-refractivity contribution in [2.45, 2.75) is 0 Å². The van der Waals surface area contributed by atoms with E-state index in [2.05, 4.69) is 0 Å². The van der Waals surface area contributed by atoms with Crippen LogP contribution in [-0.4, -0.2) is 30.5 Å². The smallest absolute Gasteiger partial charge is 0.273 e. The molecule has 0 unspecified atom stereocenters. The summed E-state index contributed by atoms with van der Waals surface area (Å²) >= 11 is 0. The number of fused-ring (bicyclic) bond motifs is 1. The van der Waals surface area contributed by atoms with E-state index < -0.39 is 0 Å². The molecule has 21 heavy (non-hydrogen) atoms. The molecule has 2 aromatic rings. The summed E-state index contributed by atoms with van der Waals surface area (Å²) < 4.78 is 10.9. The van der Waals surface area contributed by atoms with Gasteiger partial charge in [-0.3, -0.25) is 4.79 Å². The third-order valence-corrected chi connectivity index (χ3v) is 3.43. The van der Waals surface area contributed by atoms with Crippen LogP contribution >= 0.6 is 0 Å². The predicted molar refractivity (Wildman–Crippen MR) is 77.7 cm³/mol. The first-order chi connectivity index (χ1) is 10.2. The Bertz CT molecular complexity index is 765. The lowest BCUT2D eigenvalue weighted by molar-refractivity contribution is -0.355. The molecule has 0 radical (unpaired) electrons. The van der Waals surface area contributed by atoms with E-state index in [0.717, 1.165) is 0 Å². The van der Waals surface area contributed by atoms with Crippen LogP contribution in [0.4, 0.5) is 5.69 Å². The van der Waals surface area contributed by atoms with E-state index in [4.69, 9.17) is 9.47 Å². The number of carbonyl (C=O) groups excluding carboxylic acids is 1. The number of ketones is 1. The van der Waals surface area contributed by atoms with Crippen LogP contribution in [0.25, 0.3) is 0 Å². The molecule has 0 amide bonds. The Morgan fingerprint density at radius 3 is 2.43 bits per heavy atom. The van der Waals surface area contributed by atoms with Crippen molar-refractivity contribution in [1.29, 1.82) is 0 Å². The van der Waals surface area contributed by atoms with Crippen LogP contribution in [0, 0.1) is 5.21 Å². The molecule has 106 valence electrons. The summed E-state index contributed by atoms with van der Waals surface area (Å²) in [6.07, 6.45) is 0. The van der Waals surface area contributed by atoms with Crippen molar-refractivity contribution in [3.63, 3.8) is 0 Å². The van der Waals surface area contributed by atoms with Gasteiger partial charge in [-0.2, -0.15) is 4.74 Å². The average Bonchev–Trinajstić information content (AvgIpc) is 2.78. The first kappa shape index (κ1) is 13.2. The van der Waals surface area contributed by atoms with E-state index in [-0.39, 0.29) is 11.5 Å². The maximum absolute atomic E-state index is 12.5. The zero-order valence-electron chi connectivity index (χ0n) is 11.6. The number of nitrogens with zero attached hydrogens (tertiary/aromatic N) is 1. The van der Waals surface area contributed by atoms with Gasteiger partial charge in [0.05, 0.1) is 19.8 Å². The van der Waals surface area contributed by atoms with Crippen LogP contribution in [-0.2, 0) is 0 Å². The first-order valence-corrected chi connectivity index (χ1v) is 6.37. The summed E-state index contributed by atoms with van der Waals surface area (Å²) in [6, 6.07) is 11.7. The molecule has 0 saturated heterocycles. The van der Waals surface area contributed by atoms with E-state index in [0.29, 0.717) is 33.1 Å². The Labute approximate surface area is 121 Å². The van der Waals surface area contributed by atoms with Crippen molar-refractivity contribution in [3.8, 4) is 11.5 Å². The fourth-order valence-electron chi connectivity index (χ4n) is 2.36. The monoisotopic (exact) mass is 283 g/mol. The molecule has 0 spiro atoms. The molecular weight excluding hydrogens is 270 g/mol. The molecule has 1 heterocycles. The standard InChI is InChI=1S/C16H13NO4/c1-20-11-5-3-4-10(8-11)15-16(18)13-9-12(21-2)6-7-14(13)17(15)19/h3-9H,1-2H3. The summed E-state index contributed by atoms with van der Waals surface area (Å²) in [5, 5.41) is 12.4. The van der Waals surface area contributed by atoms with Gasteiger partial charge in [0.2, 0.25) is 5.69 Å². The van der Waals surface area contributed by atoms with Crippen molar-refractivity contribution >= 4 is 17.2 Å². The zero-order chi connectivity index (χ0) is 15.0. The van der Waals surface area contributed by atoms with Crippen molar-refractivity contribution in [1.82, 2.24) is 0 Å². The van der Waals surface area contributed by atoms with Crippen molar-refractivity contribution in [2.24, 2.45) is 0 Å². The van der Waals surface area contributed by atoms with Gasteiger partial charge in [0.15, 0.2) is 0 Å². The average molecular weight is 283 g/mol. The fraction of sp³-hybridized carbons (Fsp3) is 0.125. The van der Waals surface area contributed by atoms with Gasteiger partial charge in [0.25, 0.3) is 11.5 Å². The number of rotatable bonds is 3. The minimum absolute atomic E-state index is 0.0946. The highest BCUT2D eigenvalue weighted by molar-refractivity contribution is 6.52. The fourth-order valence-corrected chi connectivity index (χ4v) is 2.36. The normalized spacial score (nSPS) is 13.3. The zero-order valence-corrected chi connectivity index (χ0v) is 11.6. The summed E-state index contributed by atoms with van der Waals surface area (Å²) in [6.45, 7) is 0. The lowest BCUT2D eigenvalue weighted by Gasteiger charge is -2.04. The molecule has 3 rings (SSSR count). The number of Topliss-reactive ketones (excluding diaryl/α,β-unsaturated/α-hetero) is 1. The molecule has 0 aliphatic carbocycles. The van der Waals surface area contributed by atoms with E-state index in [1.807, 2.05) is 0 Å². The van der Waals surface area contributed by atoms with Crippen molar-refractivity contribution < 1.29 is 19.0 Å². The van der Waals surface area contributed by atoms with E-state index >= 15 is 0 Å². The molecule has 1 aliphatic heterocycles. The van der Waals surface area contributed by atoms with Crippen LogP contribution in [0.3, 0.4) is 0 Å². The third kappa shape index (κ3) is 2.03. The van der Waals surface area contributed by atoms with Gasteiger partial charge in [0.1, 0.15) is 17.1 Å². The highest BCUT2D eigenvalue weighted by atomic mass is 16.5. The Balaban J connectivity index is 2.12. The molecular formula is C16H13NO4. The topological polar surface area (TPSA) is 61.6 Å². The predicted octanol–water partition coefficient (Wildman–Crippen LogP) is 2.53. The van der Waals surface area contributed by atoms with E-state index in [1.54, 1.807) is 42.5 Å². The quantitative estimate of drug-likeness (QED) is 0.641. The van der Waals surface area contributed by atoms with E-state index in [9.17, 15) is 10.0 Å². The minimum Gasteiger partial charge on any atom is -0.618 e. The SMILES string of the molecule is COc1cccc(C2=[N+]([O-])c3ccc(OC)cc3C2=O)c1. The third-order valence-electron chi connectivity index (χ3n) is 3.43. The largest absolute Gasteiger partial charge is 0.618 e. The summed E-state index contributed by atoms with van der Waals surface area (Å²) in [5.74, 6) is 0.823. The molecule has 1 aliphatic rings. The number of methoxy groups -OCH3 is 2. The van der Waals surface area contributed by atoms with Crippen LogP contribution in [0.15, 0.2) is 42.5 Å². The lowest BCUT2D eigenvalue weighted by atomic mass is 10.0. The first-order valence-electron chi connectivity index (χ1n) is 6.37. The second-order valence-electron chi connectivity index (χ2n) is 4.59. The molecule has 0 atom stereocenters. The lowest BCUT2D eigenvalue weighted by Crippen LogP contribution is -2.16. The minimum atomic E-state index is -0.313. The number of carbonyl (C=O) groups is 1. The number of hydrogen-bond donors (Lipinski definition) is 0. The Kier molecular flexibility index (Phi) is 3.10. The van der Waals surface area contributed by atoms with Crippen molar-refractivity contribution in [2.75, 3.05) is 14.2 Å². The molecule has 0 fully saturated rings. The van der Waals surface area contributed by atoms with Crippen LogP contribution in [0.1, 0.15) is 15.9 Å². The van der Waals surface area contributed by atoms with Gasteiger partial charge in [-0.1, -0.05) is 6.07 Å². The summed E-state index contributed by atoms with van der Waals surface area (Å²) in [7, 11) is 3.05. The van der Waals surface area contributed by atoms with Crippen LogP contribution in [0.5, 0.6) is 11.5 Å². The molecule has 5 heteroatoms. The maximum atomic E-state index is 12.5. The maximum Gasteiger partial charge on any atom is 0.273 e. The number of hydrogen-bond acceptors (Lipinski definition) is 4.